The number of carbonyl (C=O) groups excluding carboxylic acids is 1. The molecule has 2 heterocycles. The summed E-state index contributed by atoms with van der Waals surface area (Å²) in [7, 11) is -0.836. The van der Waals surface area contributed by atoms with Crippen molar-refractivity contribution in [2.45, 2.75) is 0 Å². The van der Waals surface area contributed by atoms with Gasteiger partial charge in [-0.05, 0) is 60.2 Å². The molecule has 2 aromatic heterocycles. The maximum atomic E-state index is 14.4. The molecular formula is C31H23F2N3O6S. The summed E-state index contributed by atoms with van der Waals surface area (Å²) in [5, 5.41) is 2.99. The van der Waals surface area contributed by atoms with Gasteiger partial charge in [0.25, 0.3) is 5.91 Å². The molecule has 0 saturated heterocycles. The van der Waals surface area contributed by atoms with Crippen molar-refractivity contribution in [2.75, 3.05) is 25.1 Å². The zero-order valence-corrected chi connectivity index (χ0v) is 23.8. The molecule has 0 aliphatic rings. The quantitative estimate of drug-likeness (QED) is 0.211. The van der Waals surface area contributed by atoms with Gasteiger partial charge >= 0.3 is 0 Å². The first kappa shape index (κ1) is 27.9. The smallest absolute Gasteiger partial charge is 0.255 e. The zero-order valence-electron chi connectivity index (χ0n) is 23.0. The molecule has 0 fully saturated rings. The van der Waals surface area contributed by atoms with E-state index in [0.29, 0.717) is 33.4 Å². The highest BCUT2D eigenvalue weighted by Crippen LogP contribution is 2.42. The first-order valence-corrected chi connectivity index (χ1v) is 14.8. The molecule has 12 heteroatoms. The fraction of sp³-hybridized carbons (Fsp3) is 0.0968. The van der Waals surface area contributed by atoms with Crippen LogP contribution in [0.5, 0.6) is 5.75 Å². The second-order valence-electron chi connectivity index (χ2n) is 9.68. The van der Waals surface area contributed by atoms with Gasteiger partial charge < -0.3 is 18.9 Å². The number of ether oxygens (including phenoxy) is 1. The van der Waals surface area contributed by atoms with E-state index in [4.69, 9.17) is 13.6 Å². The van der Waals surface area contributed by atoms with Crippen LogP contribution in [0.4, 0.5) is 14.5 Å². The summed E-state index contributed by atoms with van der Waals surface area (Å²) in [6.45, 7) is 0. The average molecular weight is 604 g/mol. The van der Waals surface area contributed by atoms with Crippen molar-refractivity contribution in [1.82, 2.24) is 10.3 Å². The number of hydrogen-bond acceptors (Lipinski definition) is 7. The third-order valence-electron chi connectivity index (χ3n) is 6.79. The summed E-state index contributed by atoms with van der Waals surface area (Å²) in [5.41, 5.74) is 2.57. The molecule has 0 saturated carbocycles. The van der Waals surface area contributed by atoms with Crippen LogP contribution in [0.3, 0.4) is 0 Å². The van der Waals surface area contributed by atoms with Gasteiger partial charge in [-0.2, -0.15) is 0 Å². The molecule has 2 N–H and O–H groups in total. The van der Waals surface area contributed by atoms with Crippen LogP contribution in [0.25, 0.3) is 56.0 Å². The molecule has 218 valence electrons. The molecule has 6 aromatic rings. The number of amides is 1. The molecule has 0 aliphatic heterocycles. The number of sulfonamides is 1. The monoisotopic (exact) mass is 603 g/mol. The Morgan fingerprint density at radius 1 is 0.907 bits per heavy atom. The topological polar surface area (TPSA) is 124 Å². The minimum atomic E-state index is -3.76. The van der Waals surface area contributed by atoms with Gasteiger partial charge in [-0.25, -0.2) is 22.2 Å². The van der Waals surface area contributed by atoms with Gasteiger partial charge in [0, 0.05) is 29.6 Å². The Balaban J connectivity index is 1.61. The number of anilines is 1. The molecule has 6 rings (SSSR count). The first-order valence-electron chi connectivity index (χ1n) is 12.9. The standard InChI is InChI=1S/C31H23F2N3O6S/c1-34-30(37)27-20-14-19(23(36-43(3,38)39)15-26(20)41-29(27)16-7-10-18(32)11-8-16)17-9-12-24(40-2)21(13-17)31-35-28-22(33)5-4-6-25(28)42-31/h4-15,36H,1-3H3,(H,34,37). The molecule has 0 radical (unpaired) electrons. The Hall–Kier alpha value is -5.23. The Bertz CT molecular complexity index is 2150. The number of hydrogen-bond donors (Lipinski definition) is 2. The largest absolute Gasteiger partial charge is 0.496 e. The van der Waals surface area contributed by atoms with Crippen molar-refractivity contribution in [2.24, 2.45) is 0 Å². The summed E-state index contributed by atoms with van der Waals surface area (Å²) in [5.74, 6) is -0.822. The van der Waals surface area contributed by atoms with E-state index >= 15 is 0 Å². The van der Waals surface area contributed by atoms with Crippen LogP contribution < -0.4 is 14.8 Å². The van der Waals surface area contributed by atoms with E-state index in [1.54, 1.807) is 30.3 Å². The summed E-state index contributed by atoms with van der Waals surface area (Å²) in [6.07, 6.45) is 1.01. The number of rotatable bonds is 7. The van der Waals surface area contributed by atoms with Crippen LogP contribution in [-0.2, 0) is 10.0 Å². The minimum Gasteiger partial charge on any atom is -0.496 e. The van der Waals surface area contributed by atoms with Crippen molar-refractivity contribution in [1.29, 1.82) is 0 Å². The Morgan fingerprint density at radius 2 is 1.65 bits per heavy atom. The van der Waals surface area contributed by atoms with E-state index in [2.05, 4.69) is 15.0 Å². The minimum absolute atomic E-state index is 0.0488. The summed E-state index contributed by atoms with van der Waals surface area (Å²) >= 11 is 0. The van der Waals surface area contributed by atoms with E-state index in [9.17, 15) is 22.0 Å². The number of carbonyl (C=O) groups is 1. The zero-order chi connectivity index (χ0) is 30.5. The summed E-state index contributed by atoms with van der Waals surface area (Å²) < 4.78 is 72.8. The SMILES string of the molecule is CNC(=O)c1c(-c2ccc(F)cc2)oc2cc(NS(C)(=O)=O)c(-c3ccc(OC)c(-c4nc5c(F)cccc5o4)c3)cc12. The van der Waals surface area contributed by atoms with E-state index < -0.39 is 27.6 Å². The summed E-state index contributed by atoms with van der Waals surface area (Å²) in [6, 6.07) is 17.9. The van der Waals surface area contributed by atoms with Gasteiger partial charge in [-0.15, -0.1) is 0 Å². The molecule has 0 unspecified atom stereocenters. The molecule has 0 atom stereocenters. The lowest BCUT2D eigenvalue weighted by Crippen LogP contribution is -2.18. The number of aromatic nitrogens is 1. The number of halogens is 2. The van der Waals surface area contributed by atoms with Gasteiger partial charge in [0.05, 0.1) is 30.2 Å². The number of para-hydroxylation sites is 1. The van der Waals surface area contributed by atoms with Crippen molar-refractivity contribution in [3.8, 4) is 39.7 Å². The van der Waals surface area contributed by atoms with Gasteiger partial charge in [0.2, 0.25) is 15.9 Å². The molecule has 1 amide bonds. The van der Waals surface area contributed by atoms with Crippen molar-refractivity contribution < 1.29 is 35.6 Å². The van der Waals surface area contributed by atoms with E-state index in [-0.39, 0.29) is 39.6 Å². The highest BCUT2D eigenvalue weighted by molar-refractivity contribution is 7.92. The van der Waals surface area contributed by atoms with Gasteiger partial charge in [0.15, 0.2) is 11.4 Å². The number of oxazole rings is 1. The fourth-order valence-electron chi connectivity index (χ4n) is 4.89. The second-order valence-corrected chi connectivity index (χ2v) is 11.4. The number of methoxy groups -OCH3 is 1. The van der Waals surface area contributed by atoms with Crippen LogP contribution in [0, 0.1) is 11.6 Å². The number of benzene rings is 4. The van der Waals surface area contributed by atoms with Gasteiger partial charge in [0.1, 0.15) is 28.4 Å². The van der Waals surface area contributed by atoms with Crippen LogP contribution in [-0.4, -0.2) is 39.7 Å². The second kappa shape index (κ2) is 10.6. The molecule has 4 aromatic carbocycles. The maximum absolute atomic E-state index is 14.4. The average Bonchev–Trinajstić information content (AvgIpc) is 3.58. The Labute approximate surface area is 244 Å². The first-order chi connectivity index (χ1) is 20.6. The fourth-order valence-corrected chi connectivity index (χ4v) is 5.46. The third-order valence-corrected chi connectivity index (χ3v) is 7.39. The lowest BCUT2D eigenvalue weighted by Gasteiger charge is -2.14. The highest BCUT2D eigenvalue weighted by atomic mass is 32.2. The van der Waals surface area contributed by atoms with Crippen LogP contribution in [0.2, 0.25) is 0 Å². The Kier molecular flexibility index (Phi) is 6.85. The van der Waals surface area contributed by atoms with Crippen molar-refractivity contribution in [3.63, 3.8) is 0 Å². The lowest BCUT2D eigenvalue weighted by molar-refractivity contribution is 0.0964. The molecule has 0 aliphatic carbocycles. The van der Waals surface area contributed by atoms with Crippen LogP contribution in [0.15, 0.2) is 81.6 Å². The Morgan fingerprint density at radius 3 is 2.33 bits per heavy atom. The summed E-state index contributed by atoms with van der Waals surface area (Å²) in [4.78, 5) is 17.4. The van der Waals surface area contributed by atoms with Crippen molar-refractivity contribution in [3.05, 3.63) is 90.0 Å². The molecule has 0 spiro atoms. The van der Waals surface area contributed by atoms with E-state index in [1.807, 2.05) is 0 Å². The number of nitrogens with one attached hydrogen (secondary N) is 2. The van der Waals surface area contributed by atoms with Gasteiger partial charge in [-0.3, -0.25) is 9.52 Å². The lowest BCUT2D eigenvalue weighted by atomic mass is 9.97. The molecule has 43 heavy (non-hydrogen) atoms. The molecular weight excluding hydrogens is 580 g/mol. The van der Waals surface area contributed by atoms with Crippen LogP contribution >= 0.6 is 0 Å². The van der Waals surface area contributed by atoms with E-state index in [0.717, 1.165) is 6.26 Å². The maximum Gasteiger partial charge on any atom is 0.255 e. The third kappa shape index (κ3) is 5.17. The normalized spacial score (nSPS) is 11.7. The van der Waals surface area contributed by atoms with E-state index in [1.165, 1.54) is 56.6 Å². The predicted octanol–water partition coefficient (Wildman–Crippen LogP) is 6.59. The molecule has 9 nitrogen and oxygen atoms in total. The number of nitrogens with zero attached hydrogens (tertiary/aromatic N) is 1. The molecule has 0 bridgehead atoms. The van der Waals surface area contributed by atoms with Crippen LogP contribution in [0.1, 0.15) is 10.4 Å². The number of furan rings is 1. The highest BCUT2D eigenvalue weighted by Gasteiger charge is 2.25. The van der Waals surface area contributed by atoms with Crippen molar-refractivity contribution >= 4 is 43.7 Å². The predicted molar refractivity (Wildman–Crippen MR) is 158 cm³/mol. The van der Waals surface area contributed by atoms with Gasteiger partial charge in [-0.1, -0.05) is 12.1 Å². The number of fused-ring (bicyclic) bond motifs is 2.